The Balaban J connectivity index is 2.55. The summed E-state index contributed by atoms with van der Waals surface area (Å²) in [5.41, 5.74) is 1.69. The molecule has 0 radical (unpaired) electrons. The second kappa shape index (κ2) is 4.12. The zero-order valence-electron chi connectivity index (χ0n) is 8.28. The van der Waals surface area contributed by atoms with Crippen LogP contribution in [0.2, 0.25) is 10.0 Å². The van der Waals surface area contributed by atoms with E-state index >= 15 is 0 Å². The van der Waals surface area contributed by atoms with E-state index in [9.17, 15) is 0 Å². The van der Waals surface area contributed by atoms with Crippen LogP contribution < -0.4 is 0 Å². The van der Waals surface area contributed by atoms with E-state index < -0.39 is 0 Å². The summed E-state index contributed by atoms with van der Waals surface area (Å²) in [6.45, 7) is 1.76. The van der Waals surface area contributed by atoms with Gasteiger partial charge in [-0.25, -0.2) is 4.68 Å². The van der Waals surface area contributed by atoms with Crippen molar-refractivity contribution in [3.05, 3.63) is 39.6 Å². The molecule has 80 valence electrons. The van der Waals surface area contributed by atoms with E-state index in [0.717, 1.165) is 5.69 Å². The van der Waals surface area contributed by atoms with Crippen molar-refractivity contribution in [3.63, 3.8) is 0 Å². The molecule has 2 rings (SSSR count). The van der Waals surface area contributed by atoms with Gasteiger partial charge in [0.2, 0.25) is 0 Å². The van der Waals surface area contributed by atoms with Crippen molar-refractivity contribution in [2.24, 2.45) is 0 Å². The lowest BCUT2D eigenvalue weighted by molar-refractivity contribution is 0.785. The zero-order chi connectivity index (χ0) is 11.7. The summed E-state index contributed by atoms with van der Waals surface area (Å²) in [5.74, 6) is 0. The standard InChI is InChI=1S/C10H6Cl2N4/c1-6-10(5-13)14-15-16(6)7-2-3-8(11)9(12)4-7/h2-4H,1H3. The Morgan fingerprint density at radius 2 is 2.06 bits per heavy atom. The molecule has 4 nitrogen and oxygen atoms in total. The molecule has 0 bridgehead atoms. The first-order chi connectivity index (χ1) is 7.63. The number of halogens is 2. The lowest BCUT2D eigenvalue weighted by Crippen LogP contribution is -1.99. The summed E-state index contributed by atoms with van der Waals surface area (Å²) < 4.78 is 1.54. The predicted octanol–water partition coefficient (Wildman–Crippen LogP) is 2.75. The molecule has 6 heteroatoms. The van der Waals surface area contributed by atoms with E-state index in [2.05, 4.69) is 10.3 Å². The van der Waals surface area contributed by atoms with Gasteiger partial charge in [0.05, 0.1) is 21.4 Å². The summed E-state index contributed by atoms with van der Waals surface area (Å²) in [6, 6.07) is 7.07. The lowest BCUT2D eigenvalue weighted by Gasteiger charge is -2.04. The maximum absolute atomic E-state index is 8.76. The molecule has 0 N–H and O–H groups in total. The average molecular weight is 253 g/mol. The molecule has 16 heavy (non-hydrogen) atoms. The first-order valence-electron chi connectivity index (χ1n) is 4.41. The number of hydrogen-bond acceptors (Lipinski definition) is 3. The van der Waals surface area contributed by atoms with E-state index in [1.54, 1.807) is 29.8 Å². The number of benzene rings is 1. The van der Waals surface area contributed by atoms with Gasteiger partial charge in [0.1, 0.15) is 6.07 Å². The van der Waals surface area contributed by atoms with Crippen molar-refractivity contribution in [2.75, 3.05) is 0 Å². The van der Waals surface area contributed by atoms with E-state index in [1.807, 2.05) is 6.07 Å². The van der Waals surface area contributed by atoms with E-state index in [1.165, 1.54) is 0 Å². The van der Waals surface area contributed by atoms with Crippen LogP contribution >= 0.6 is 23.2 Å². The molecule has 0 amide bonds. The monoisotopic (exact) mass is 252 g/mol. The van der Waals surface area contributed by atoms with Crippen LogP contribution in [0.25, 0.3) is 5.69 Å². The third kappa shape index (κ3) is 1.75. The quantitative estimate of drug-likeness (QED) is 0.785. The molecule has 0 unspecified atom stereocenters. The van der Waals surface area contributed by atoms with Gasteiger partial charge in [0.25, 0.3) is 0 Å². The van der Waals surface area contributed by atoms with E-state index in [4.69, 9.17) is 28.5 Å². The first-order valence-corrected chi connectivity index (χ1v) is 5.17. The Hall–Kier alpha value is -1.57. The summed E-state index contributed by atoms with van der Waals surface area (Å²) in [6.07, 6.45) is 0. The number of nitrogens with zero attached hydrogens (tertiary/aromatic N) is 4. The van der Waals surface area contributed by atoms with Gasteiger partial charge in [-0.2, -0.15) is 5.26 Å². The Kier molecular flexibility index (Phi) is 2.82. The highest BCUT2D eigenvalue weighted by atomic mass is 35.5. The summed E-state index contributed by atoms with van der Waals surface area (Å²) in [7, 11) is 0. The fourth-order valence-electron chi connectivity index (χ4n) is 1.29. The molecular weight excluding hydrogens is 247 g/mol. The fraction of sp³-hybridized carbons (Fsp3) is 0.100. The maximum atomic E-state index is 8.76. The molecule has 0 saturated heterocycles. The summed E-state index contributed by atoms with van der Waals surface area (Å²) in [5, 5.41) is 17.3. The summed E-state index contributed by atoms with van der Waals surface area (Å²) >= 11 is 11.7. The van der Waals surface area contributed by atoms with E-state index in [0.29, 0.717) is 21.4 Å². The lowest BCUT2D eigenvalue weighted by atomic mass is 10.3. The van der Waals surface area contributed by atoms with Gasteiger partial charge in [-0.15, -0.1) is 5.10 Å². The molecule has 1 aromatic heterocycles. The van der Waals surface area contributed by atoms with Crippen LogP contribution in [0.15, 0.2) is 18.2 Å². The average Bonchev–Trinajstić information content (AvgIpc) is 2.64. The molecule has 0 saturated carbocycles. The number of aromatic nitrogens is 3. The van der Waals surface area contributed by atoms with Gasteiger partial charge in [0, 0.05) is 0 Å². The highest BCUT2D eigenvalue weighted by Crippen LogP contribution is 2.24. The van der Waals surface area contributed by atoms with Gasteiger partial charge in [-0.3, -0.25) is 0 Å². The Morgan fingerprint density at radius 3 is 2.62 bits per heavy atom. The van der Waals surface area contributed by atoms with Gasteiger partial charge in [0.15, 0.2) is 5.69 Å². The van der Waals surface area contributed by atoms with Crippen LogP contribution in [0.4, 0.5) is 0 Å². The molecule has 0 aliphatic carbocycles. The molecule has 2 aromatic rings. The molecule has 0 fully saturated rings. The minimum absolute atomic E-state index is 0.297. The van der Waals surface area contributed by atoms with Crippen LogP contribution in [0.3, 0.4) is 0 Å². The minimum Gasteiger partial charge on any atom is -0.216 e. The Morgan fingerprint density at radius 1 is 1.31 bits per heavy atom. The third-order valence-corrected chi connectivity index (χ3v) is 2.89. The van der Waals surface area contributed by atoms with Crippen LogP contribution in [0.1, 0.15) is 11.4 Å². The van der Waals surface area contributed by atoms with Crippen molar-refractivity contribution in [2.45, 2.75) is 6.92 Å². The molecule has 0 atom stereocenters. The Labute approximate surface area is 102 Å². The maximum Gasteiger partial charge on any atom is 0.186 e. The number of hydrogen-bond donors (Lipinski definition) is 0. The predicted molar refractivity (Wildman–Crippen MR) is 60.8 cm³/mol. The molecule has 0 aliphatic rings. The molecule has 0 aliphatic heterocycles. The van der Waals surface area contributed by atoms with Crippen LogP contribution in [0, 0.1) is 18.3 Å². The van der Waals surface area contributed by atoms with Crippen LogP contribution in [-0.2, 0) is 0 Å². The minimum atomic E-state index is 0.297. The second-order valence-electron chi connectivity index (χ2n) is 3.15. The SMILES string of the molecule is Cc1c(C#N)nnn1-c1ccc(Cl)c(Cl)c1. The van der Waals surface area contributed by atoms with Crippen molar-refractivity contribution < 1.29 is 0 Å². The van der Waals surface area contributed by atoms with Gasteiger partial charge in [-0.1, -0.05) is 28.4 Å². The Bertz CT molecular complexity index is 583. The molecule has 1 aromatic carbocycles. The fourth-order valence-corrected chi connectivity index (χ4v) is 1.59. The van der Waals surface area contributed by atoms with Gasteiger partial charge >= 0.3 is 0 Å². The third-order valence-electron chi connectivity index (χ3n) is 2.15. The van der Waals surface area contributed by atoms with Crippen molar-refractivity contribution >= 4 is 23.2 Å². The van der Waals surface area contributed by atoms with Crippen LogP contribution in [0.5, 0.6) is 0 Å². The van der Waals surface area contributed by atoms with Gasteiger partial charge < -0.3 is 0 Å². The highest BCUT2D eigenvalue weighted by molar-refractivity contribution is 6.42. The normalized spacial score (nSPS) is 10.1. The topological polar surface area (TPSA) is 54.5 Å². The smallest absolute Gasteiger partial charge is 0.186 e. The highest BCUT2D eigenvalue weighted by Gasteiger charge is 2.10. The van der Waals surface area contributed by atoms with E-state index in [-0.39, 0.29) is 0 Å². The van der Waals surface area contributed by atoms with Crippen LogP contribution in [-0.4, -0.2) is 15.0 Å². The molecule has 0 spiro atoms. The first kappa shape index (κ1) is 10.9. The second-order valence-corrected chi connectivity index (χ2v) is 3.96. The van der Waals surface area contributed by atoms with Gasteiger partial charge in [-0.05, 0) is 25.1 Å². The number of nitriles is 1. The molecular formula is C10H6Cl2N4. The summed E-state index contributed by atoms with van der Waals surface area (Å²) in [4.78, 5) is 0. The number of rotatable bonds is 1. The largest absolute Gasteiger partial charge is 0.216 e. The zero-order valence-corrected chi connectivity index (χ0v) is 9.79. The molecule has 1 heterocycles. The van der Waals surface area contributed by atoms with Crippen molar-refractivity contribution in [1.82, 2.24) is 15.0 Å². The van der Waals surface area contributed by atoms with Crippen molar-refractivity contribution in [1.29, 1.82) is 5.26 Å². The van der Waals surface area contributed by atoms with Crippen molar-refractivity contribution in [3.8, 4) is 11.8 Å².